The summed E-state index contributed by atoms with van der Waals surface area (Å²) in [6.07, 6.45) is 4.88. The van der Waals surface area contributed by atoms with E-state index < -0.39 is 0 Å². The van der Waals surface area contributed by atoms with Crippen LogP contribution in [0.5, 0.6) is 5.75 Å². The van der Waals surface area contributed by atoms with Gasteiger partial charge < -0.3 is 15.0 Å². The smallest absolute Gasteiger partial charge is 0.255 e. The maximum absolute atomic E-state index is 12.5. The first kappa shape index (κ1) is 20.2. The van der Waals surface area contributed by atoms with Crippen LogP contribution >= 0.6 is 45.2 Å². The van der Waals surface area contributed by atoms with Crippen molar-refractivity contribution in [3.8, 4) is 5.75 Å². The van der Waals surface area contributed by atoms with E-state index in [9.17, 15) is 4.79 Å². The van der Waals surface area contributed by atoms with Crippen LogP contribution in [-0.2, 0) is 0 Å². The molecule has 1 amide bonds. The zero-order valence-electron chi connectivity index (χ0n) is 14.4. The summed E-state index contributed by atoms with van der Waals surface area (Å²) in [5, 5.41) is 3.10. The lowest BCUT2D eigenvalue weighted by Crippen LogP contribution is -2.39. The number of unbranched alkanes of at least 4 members (excludes halogenated alkanes) is 1. The highest BCUT2D eigenvalue weighted by Crippen LogP contribution is 2.26. The quantitative estimate of drug-likeness (QED) is 0.514. The minimum atomic E-state index is -0.0328. The lowest BCUT2D eigenvalue weighted by Gasteiger charge is -2.32. The van der Waals surface area contributed by atoms with Crippen LogP contribution in [0.15, 0.2) is 12.1 Å². The lowest BCUT2D eigenvalue weighted by atomic mass is 9.96. The van der Waals surface area contributed by atoms with Crippen LogP contribution < -0.4 is 10.1 Å². The van der Waals surface area contributed by atoms with Gasteiger partial charge in [-0.25, -0.2) is 0 Å². The maximum Gasteiger partial charge on any atom is 0.255 e. The summed E-state index contributed by atoms with van der Waals surface area (Å²) in [7, 11) is 1.61. The number of carbonyl (C=O) groups excluding carboxylic acids is 1. The van der Waals surface area contributed by atoms with Crippen molar-refractivity contribution in [1.29, 1.82) is 0 Å². The summed E-state index contributed by atoms with van der Waals surface area (Å²) < 4.78 is 7.54. The summed E-state index contributed by atoms with van der Waals surface area (Å²) >= 11 is 4.51. The fourth-order valence-electron chi connectivity index (χ4n) is 3.00. The Morgan fingerprint density at radius 3 is 2.58 bits per heavy atom. The normalized spacial score (nSPS) is 16.2. The third-order valence-electron chi connectivity index (χ3n) is 4.57. The molecule has 0 saturated carbocycles. The number of hydrogen-bond acceptors (Lipinski definition) is 3. The van der Waals surface area contributed by atoms with E-state index >= 15 is 0 Å². The van der Waals surface area contributed by atoms with Gasteiger partial charge in [-0.05, 0) is 102 Å². The standard InChI is InChI=1S/C18H26I2N2O2/c1-3-4-7-22-8-5-13(6-9-22)12-21-18(23)14-10-15(19)16(20)11-17(14)24-2/h10-11,13H,3-9,12H2,1-2H3,(H,21,23). The molecule has 1 saturated heterocycles. The Balaban J connectivity index is 1.85. The number of nitrogens with one attached hydrogen (secondary N) is 1. The number of carbonyl (C=O) groups is 1. The van der Waals surface area contributed by atoms with Crippen LogP contribution in [0.1, 0.15) is 43.0 Å². The van der Waals surface area contributed by atoms with Crippen LogP contribution in [0, 0.1) is 13.1 Å². The van der Waals surface area contributed by atoms with Crippen LogP contribution in [0.3, 0.4) is 0 Å². The van der Waals surface area contributed by atoms with Crippen molar-refractivity contribution in [2.75, 3.05) is 33.3 Å². The molecule has 1 fully saturated rings. The zero-order valence-corrected chi connectivity index (χ0v) is 18.7. The van der Waals surface area contributed by atoms with E-state index in [2.05, 4.69) is 62.3 Å². The molecule has 0 unspecified atom stereocenters. The highest BCUT2D eigenvalue weighted by Gasteiger charge is 2.21. The molecule has 0 aliphatic carbocycles. The average molecular weight is 556 g/mol. The highest BCUT2D eigenvalue weighted by molar-refractivity contribution is 14.1. The topological polar surface area (TPSA) is 41.6 Å². The monoisotopic (exact) mass is 556 g/mol. The minimum absolute atomic E-state index is 0.0328. The van der Waals surface area contributed by atoms with Gasteiger partial charge >= 0.3 is 0 Å². The number of benzene rings is 1. The number of ether oxygens (including phenoxy) is 1. The largest absolute Gasteiger partial charge is 0.496 e. The number of methoxy groups -OCH3 is 1. The predicted molar refractivity (Wildman–Crippen MR) is 115 cm³/mol. The Morgan fingerprint density at radius 1 is 1.29 bits per heavy atom. The molecule has 4 nitrogen and oxygen atoms in total. The highest BCUT2D eigenvalue weighted by atomic mass is 127. The molecule has 134 valence electrons. The lowest BCUT2D eigenvalue weighted by molar-refractivity contribution is 0.0933. The Kier molecular flexibility index (Phi) is 8.56. The fraction of sp³-hybridized carbons (Fsp3) is 0.611. The summed E-state index contributed by atoms with van der Waals surface area (Å²) in [6, 6.07) is 3.83. The molecule has 24 heavy (non-hydrogen) atoms. The van der Waals surface area contributed by atoms with Gasteiger partial charge in [0, 0.05) is 13.7 Å². The van der Waals surface area contributed by atoms with Gasteiger partial charge in [0.05, 0.1) is 12.7 Å². The van der Waals surface area contributed by atoms with E-state index in [-0.39, 0.29) is 5.91 Å². The molecule has 1 aliphatic rings. The number of piperidine rings is 1. The first-order chi connectivity index (χ1) is 11.5. The first-order valence-electron chi connectivity index (χ1n) is 8.58. The zero-order chi connectivity index (χ0) is 17.5. The summed E-state index contributed by atoms with van der Waals surface area (Å²) in [5.74, 6) is 1.20. The molecule has 0 radical (unpaired) electrons. The number of hydrogen-bond donors (Lipinski definition) is 1. The Morgan fingerprint density at radius 2 is 1.96 bits per heavy atom. The van der Waals surface area contributed by atoms with Gasteiger partial charge in [-0.2, -0.15) is 0 Å². The van der Waals surface area contributed by atoms with E-state index in [0.717, 1.165) is 26.8 Å². The Hall–Kier alpha value is -0.0900. The van der Waals surface area contributed by atoms with Crippen molar-refractivity contribution < 1.29 is 9.53 Å². The van der Waals surface area contributed by atoms with Crippen molar-refractivity contribution >= 4 is 51.1 Å². The van der Waals surface area contributed by atoms with Gasteiger partial charge in [0.1, 0.15) is 5.75 Å². The van der Waals surface area contributed by atoms with Crippen molar-refractivity contribution in [2.45, 2.75) is 32.6 Å². The van der Waals surface area contributed by atoms with Gasteiger partial charge in [0.15, 0.2) is 0 Å². The number of rotatable bonds is 7. The van der Waals surface area contributed by atoms with E-state index in [0.29, 0.717) is 17.2 Å². The summed E-state index contributed by atoms with van der Waals surface area (Å²) in [6.45, 7) is 6.53. The number of halogens is 2. The van der Waals surface area contributed by atoms with Crippen molar-refractivity contribution in [3.05, 3.63) is 24.8 Å². The average Bonchev–Trinajstić information content (AvgIpc) is 2.60. The van der Waals surface area contributed by atoms with Gasteiger partial charge in [-0.3, -0.25) is 4.79 Å². The van der Waals surface area contributed by atoms with Gasteiger partial charge in [0.25, 0.3) is 5.91 Å². The number of amides is 1. The second-order valence-corrected chi connectivity index (χ2v) is 8.64. The SMILES string of the molecule is CCCCN1CCC(CNC(=O)c2cc(I)c(I)cc2OC)CC1. The molecule has 0 bridgehead atoms. The van der Waals surface area contributed by atoms with Gasteiger partial charge in [-0.1, -0.05) is 13.3 Å². The van der Waals surface area contributed by atoms with Gasteiger partial charge in [-0.15, -0.1) is 0 Å². The molecule has 6 heteroatoms. The van der Waals surface area contributed by atoms with Crippen LogP contribution in [0.4, 0.5) is 0 Å². The second kappa shape index (κ2) is 10.2. The number of likely N-dealkylation sites (tertiary alicyclic amines) is 1. The minimum Gasteiger partial charge on any atom is -0.496 e. The van der Waals surface area contributed by atoms with Crippen LogP contribution in [0.2, 0.25) is 0 Å². The third-order valence-corrected chi connectivity index (χ3v) is 7.39. The Bertz CT molecular complexity index is 558. The fourth-order valence-corrected chi connectivity index (χ4v) is 3.91. The van der Waals surface area contributed by atoms with E-state index in [1.807, 2.05) is 12.1 Å². The molecule has 1 aromatic rings. The molecule has 1 N–H and O–H groups in total. The third kappa shape index (κ3) is 5.72. The molecular formula is C18H26I2N2O2. The van der Waals surface area contributed by atoms with E-state index in [1.54, 1.807) is 7.11 Å². The Labute approximate surface area is 172 Å². The number of nitrogens with zero attached hydrogens (tertiary/aromatic N) is 1. The molecule has 0 aromatic heterocycles. The van der Waals surface area contributed by atoms with Crippen molar-refractivity contribution in [2.24, 2.45) is 5.92 Å². The van der Waals surface area contributed by atoms with Crippen LogP contribution in [-0.4, -0.2) is 44.1 Å². The predicted octanol–water partition coefficient (Wildman–Crippen LogP) is 4.15. The van der Waals surface area contributed by atoms with Gasteiger partial charge in [0.2, 0.25) is 0 Å². The maximum atomic E-state index is 12.5. The van der Waals surface area contributed by atoms with E-state index in [1.165, 1.54) is 32.2 Å². The first-order valence-corrected chi connectivity index (χ1v) is 10.7. The second-order valence-electron chi connectivity index (χ2n) is 6.32. The van der Waals surface area contributed by atoms with Crippen LogP contribution in [0.25, 0.3) is 0 Å². The molecule has 0 spiro atoms. The van der Waals surface area contributed by atoms with Crippen molar-refractivity contribution in [1.82, 2.24) is 10.2 Å². The molecule has 1 heterocycles. The van der Waals surface area contributed by atoms with Crippen molar-refractivity contribution in [3.63, 3.8) is 0 Å². The molecular weight excluding hydrogens is 530 g/mol. The molecule has 1 aliphatic heterocycles. The summed E-state index contributed by atoms with van der Waals surface area (Å²) in [4.78, 5) is 15.1. The molecule has 2 rings (SSSR count). The molecule has 0 atom stereocenters. The van der Waals surface area contributed by atoms with E-state index in [4.69, 9.17) is 4.74 Å². The summed E-state index contributed by atoms with van der Waals surface area (Å²) in [5.41, 5.74) is 0.627. The molecule has 1 aromatic carbocycles.